The fraction of sp³-hybridized carbons (Fsp3) is 0. The van der Waals surface area contributed by atoms with Crippen molar-refractivity contribution in [3.63, 3.8) is 0 Å². The van der Waals surface area contributed by atoms with E-state index < -0.39 is 14.2 Å². The van der Waals surface area contributed by atoms with Crippen LogP contribution in [0.3, 0.4) is 0 Å². The van der Waals surface area contributed by atoms with E-state index in [1.807, 2.05) is 0 Å². The maximum absolute atomic E-state index is 12.3. The van der Waals surface area contributed by atoms with Crippen molar-refractivity contribution in [2.24, 2.45) is 0 Å². The number of hydrogen-bond donors (Lipinski definition) is 2. The monoisotopic (exact) mass is 160 g/mol. The summed E-state index contributed by atoms with van der Waals surface area (Å²) in [6, 6.07) is 5.26. The van der Waals surface area contributed by atoms with E-state index >= 15 is 0 Å². The van der Waals surface area contributed by atoms with E-state index in [9.17, 15) is 4.39 Å². The molecule has 0 radical (unpaired) electrons. The van der Waals surface area contributed by atoms with Gasteiger partial charge in [-0.3, -0.25) is 0 Å². The highest BCUT2D eigenvalue weighted by molar-refractivity contribution is 7.54. The second kappa shape index (κ2) is 3.06. The Morgan fingerprint density at radius 2 is 2.00 bits per heavy atom. The maximum Gasteiger partial charge on any atom is 0.199 e. The molecule has 0 aromatic heterocycles. The van der Waals surface area contributed by atoms with Gasteiger partial charge in [0.1, 0.15) is 5.82 Å². The van der Waals surface area contributed by atoms with E-state index in [2.05, 4.69) is 0 Å². The highest BCUT2D eigenvalue weighted by Crippen LogP contribution is 2.21. The van der Waals surface area contributed by atoms with Crippen LogP contribution in [-0.4, -0.2) is 9.79 Å². The molecule has 54 valence electrons. The minimum absolute atomic E-state index is 0.231. The molecule has 10 heavy (non-hydrogen) atoms. The van der Waals surface area contributed by atoms with Gasteiger partial charge in [0.05, 0.1) is 0 Å². The van der Waals surface area contributed by atoms with Crippen LogP contribution in [0.4, 0.5) is 4.39 Å². The van der Waals surface area contributed by atoms with Gasteiger partial charge in [0.15, 0.2) is 8.38 Å². The fourth-order valence-electron chi connectivity index (χ4n) is 0.601. The zero-order valence-electron chi connectivity index (χ0n) is 5.03. The van der Waals surface area contributed by atoms with Gasteiger partial charge >= 0.3 is 0 Å². The van der Waals surface area contributed by atoms with E-state index in [0.717, 1.165) is 6.07 Å². The molecule has 1 rings (SSSR count). The van der Waals surface area contributed by atoms with E-state index in [1.165, 1.54) is 18.2 Å². The summed E-state index contributed by atoms with van der Waals surface area (Å²) in [5, 5.41) is 0.231. The Bertz CT molecular complexity index is 227. The fourth-order valence-corrected chi connectivity index (χ4v) is 1.06. The van der Waals surface area contributed by atoms with Gasteiger partial charge in [0.2, 0.25) is 0 Å². The second-order valence-electron chi connectivity index (χ2n) is 1.77. The zero-order chi connectivity index (χ0) is 7.56. The first kappa shape index (κ1) is 7.61. The summed E-state index contributed by atoms with van der Waals surface area (Å²) in [6.07, 6.45) is 0. The molecule has 0 saturated heterocycles. The third kappa shape index (κ3) is 1.74. The number of rotatable bonds is 1. The Labute approximate surface area is 58.9 Å². The van der Waals surface area contributed by atoms with E-state index in [-0.39, 0.29) is 5.30 Å². The minimum Gasteiger partial charge on any atom is -0.347 e. The molecule has 0 aliphatic heterocycles. The van der Waals surface area contributed by atoms with Gasteiger partial charge in [-0.25, -0.2) is 4.39 Å². The van der Waals surface area contributed by atoms with Crippen molar-refractivity contribution in [3.05, 3.63) is 30.1 Å². The van der Waals surface area contributed by atoms with Crippen LogP contribution >= 0.6 is 8.38 Å². The van der Waals surface area contributed by atoms with Crippen LogP contribution in [0.15, 0.2) is 24.3 Å². The first-order valence-corrected chi connectivity index (χ1v) is 3.88. The molecule has 1 aromatic rings. The average Bonchev–Trinajstić information content (AvgIpc) is 1.88. The summed E-state index contributed by atoms with van der Waals surface area (Å²) in [6.45, 7) is 0. The summed E-state index contributed by atoms with van der Waals surface area (Å²) < 4.78 is 12.3. The second-order valence-corrected chi connectivity index (χ2v) is 2.86. The predicted octanol–water partition coefficient (Wildman–Crippen LogP) is 0.747. The van der Waals surface area contributed by atoms with Crippen LogP contribution in [0, 0.1) is 5.82 Å². The predicted molar refractivity (Wildman–Crippen MR) is 37.4 cm³/mol. The maximum atomic E-state index is 12.3. The van der Waals surface area contributed by atoms with Crippen LogP contribution in [-0.2, 0) is 0 Å². The lowest BCUT2D eigenvalue weighted by Gasteiger charge is -1.99. The molecule has 0 amide bonds. The summed E-state index contributed by atoms with van der Waals surface area (Å²) in [5.41, 5.74) is 0. The molecule has 0 spiro atoms. The van der Waals surface area contributed by atoms with Gasteiger partial charge in [-0.2, -0.15) is 0 Å². The van der Waals surface area contributed by atoms with E-state index in [0.29, 0.717) is 0 Å². The molecule has 0 aliphatic rings. The third-order valence-electron chi connectivity index (χ3n) is 1.04. The SMILES string of the molecule is OP(O)c1cccc(F)c1. The number of halogens is 1. The van der Waals surface area contributed by atoms with Crippen molar-refractivity contribution in [3.8, 4) is 0 Å². The van der Waals surface area contributed by atoms with Crippen LogP contribution in [0.1, 0.15) is 0 Å². The summed E-state index contributed by atoms with van der Waals surface area (Å²) in [7, 11) is -2.15. The Morgan fingerprint density at radius 1 is 1.30 bits per heavy atom. The first-order chi connectivity index (χ1) is 4.70. The molecule has 2 N–H and O–H groups in total. The van der Waals surface area contributed by atoms with E-state index in [4.69, 9.17) is 9.79 Å². The molecule has 0 aliphatic carbocycles. The van der Waals surface area contributed by atoms with Crippen LogP contribution in [0.2, 0.25) is 0 Å². The highest BCUT2D eigenvalue weighted by Gasteiger charge is 2.02. The zero-order valence-corrected chi connectivity index (χ0v) is 5.92. The molecule has 2 nitrogen and oxygen atoms in total. The van der Waals surface area contributed by atoms with E-state index in [1.54, 1.807) is 0 Å². The van der Waals surface area contributed by atoms with Gasteiger partial charge < -0.3 is 9.79 Å². The highest BCUT2D eigenvalue weighted by atomic mass is 31.2. The molecule has 0 atom stereocenters. The molecule has 0 saturated carbocycles. The topological polar surface area (TPSA) is 40.5 Å². The minimum atomic E-state index is -2.15. The quantitative estimate of drug-likeness (QED) is 0.595. The van der Waals surface area contributed by atoms with Gasteiger partial charge in [-0.05, 0) is 18.2 Å². The summed E-state index contributed by atoms with van der Waals surface area (Å²) in [5.74, 6) is -0.451. The Morgan fingerprint density at radius 3 is 2.40 bits per heavy atom. The van der Waals surface area contributed by atoms with Gasteiger partial charge in [0.25, 0.3) is 0 Å². The molecular formula is C6H6FO2P. The lowest BCUT2D eigenvalue weighted by atomic mass is 10.4. The van der Waals surface area contributed by atoms with Crippen LogP contribution in [0.5, 0.6) is 0 Å². The third-order valence-corrected chi connectivity index (χ3v) is 1.78. The van der Waals surface area contributed by atoms with Crippen LogP contribution in [0.25, 0.3) is 0 Å². The number of benzene rings is 1. The lowest BCUT2D eigenvalue weighted by Crippen LogP contribution is -1.99. The normalized spacial score (nSPS) is 10.4. The molecule has 0 heterocycles. The average molecular weight is 160 g/mol. The Balaban J connectivity index is 2.96. The van der Waals surface area contributed by atoms with Gasteiger partial charge in [-0.1, -0.05) is 6.07 Å². The largest absolute Gasteiger partial charge is 0.347 e. The van der Waals surface area contributed by atoms with Crippen molar-refractivity contribution in [2.75, 3.05) is 0 Å². The van der Waals surface area contributed by atoms with Gasteiger partial charge in [0, 0.05) is 5.30 Å². The molecule has 1 aromatic carbocycles. The molecule has 0 bridgehead atoms. The lowest BCUT2D eigenvalue weighted by molar-refractivity contribution is 0.496. The van der Waals surface area contributed by atoms with Gasteiger partial charge in [-0.15, -0.1) is 0 Å². The summed E-state index contributed by atoms with van der Waals surface area (Å²) in [4.78, 5) is 17.2. The molecular weight excluding hydrogens is 154 g/mol. The van der Waals surface area contributed by atoms with Crippen molar-refractivity contribution in [1.82, 2.24) is 0 Å². The molecule has 0 fully saturated rings. The number of hydrogen-bond acceptors (Lipinski definition) is 2. The Hall–Kier alpha value is -0.500. The molecule has 4 heteroatoms. The standard InChI is InChI=1S/C6H6FO2P/c7-5-2-1-3-6(4-5)10(8)9/h1-4,8-9H. The smallest absolute Gasteiger partial charge is 0.199 e. The first-order valence-electron chi connectivity index (χ1n) is 2.63. The molecule has 0 unspecified atom stereocenters. The van der Waals surface area contributed by atoms with Crippen molar-refractivity contribution >= 4 is 13.7 Å². The van der Waals surface area contributed by atoms with Crippen LogP contribution < -0.4 is 5.30 Å². The van der Waals surface area contributed by atoms with Crippen molar-refractivity contribution in [2.45, 2.75) is 0 Å². The summed E-state index contributed by atoms with van der Waals surface area (Å²) >= 11 is 0. The Kier molecular flexibility index (Phi) is 2.33. The van der Waals surface area contributed by atoms with Crippen molar-refractivity contribution in [1.29, 1.82) is 0 Å². The van der Waals surface area contributed by atoms with Crippen molar-refractivity contribution < 1.29 is 14.2 Å².